The summed E-state index contributed by atoms with van der Waals surface area (Å²) in [5.74, 6) is 0. The lowest BCUT2D eigenvalue weighted by Gasteiger charge is -2.34. The second-order valence-corrected chi connectivity index (χ2v) is 7.54. The monoisotopic (exact) mass is 355 g/mol. The molecule has 0 heterocycles. The van der Waals surface area contributed by atoms with Gasteiger partial charge in [0, 0.05) is 4.47 Å². The molecule has 0 aliphatic heterocycles. The van der Waals surface area contributed by atoms with E-state index in [2.05, 4.69) is 21.2 Å². The number of carbonyl (C=O) groups excluding carboxylic acids is 1. The summed E-state index contributed by atoms with van der Waals surface area (Å²) >= 11 is 3.54. The van der Waals surface area contributed by atoms with Crippen LogP contribution in [0.3, 0.4) is 0 Å². The van der Waals surface area contributed by atoms with Crippen molar-refractivity contribution < 1.29 is 14.6 Å². The van der Waals surface area contributed by atoms with Crippen LogP contribution in [-0.2, 0) is 17.6 Å². The molecule has 21 heavy (non-hydrogen) atoms. The third-order valence-corrected chi connectivity index (χ3v) is 4.51. The second kappa shape index (κ2) is 5.61. The molecule has 1 unspecified atom stereocenters. The highest BCUT2D eigenvalue weighted by Crippen LogP contribution is 2.36. The van der Waals surface area contributed by atoms with Gasteiger partial charge in [0.1, 0.15) is 5.60 Å². The molecular weight excluding hydrogens is 334 g/mol. The van der Waals surface area contributed by atoms with E-state index in [-0.39, 0.29) is 0 Å². The van der Waals surface area contributed by atoms with Crippen LogP contribution in [0, 0.1) is 0 Å². The van der Waals surface area contributed by atoms with Gasteiger partial charge in [-0.15, -0.1) is 0 Å². The summed E-state index contributed by atoms with van der Waals surface area (Å²) in [5, 5.41) is 13.1. The zero-order valence-corrected chi connectivity index (χ0v) is 14.5. The van der Waals surface area contributed by atoms with Gasteiger partial charge in [0.25, 0.3) is 0 Å². The average Bonchev–Trinajstić information content (AvgIpc) is 2.67. The number of hydrogen-bond acceptors (Lipinski definition) is 3. The van der Waals surface area contributed by atoms with E-state index in [1.807, 2.05) is 39.0 Å². The van der Waals surface area contributed by atoms with Gasteiger partial charge in [-0.05, 0) is 57.7 Å². The van der Waals surface area contributed by atoms with Crippen molar-refractivity contribution in [3.8, 4) is 0 Å². The first-order chi connectivity index (χ1) is 9.63. The molecule has 0 aromatic heterocycles. The Hall–Kier alpha value is -1.07. The fraction of sp³-hybridized carbons (Fsp3) is 0.562. The van der Waals surface area contributed by atoms with Crippen LogP contribution in [0.25, 0.3) is 0 Å². The standard InChI is InChI=1S/C16H22BrNO3/c1-10(19)16(18-14(20)21-15(2,3)4)8-11-6-5-7-13(17)12(11)9-16/h5-7,10,19H,8-9H2,1-4H3,(H,18,20)/t10-,16?/m1/s1. The summed E-state index contributed by atoms with van der Waals surface area (Å²) in [4.78, 5) is 12.1. The van der Waals surface area contributed by atoms with Crippen molar-refractivity contribution in [1.29, 1.82) is 0 Å². The van der Waals surface area contributed by atoms with E-state index in [1.165, 1.54) is 0 Å². The summed E-state index contributed by atoms with van der Waals surface area (Å²) < 4.78 is 6.34. The molecule has 2 N–H and O–H groups in total. The predicted molar refractivity (Wildman–Crippen MR) is 85.3 cm³/mol. The fourth-order valence-corrected chi connectivity index (χ4v) is 3.23. The van der Waals surface area contributed by atoms with Crippen molar-refractivity contribution in [3.63, 3.8) is 0 Å². The summed E-state index contributed by atoms with van der Waals surface area (Å²) in [7, 11) is 0. The highest BCUT2D eigenvalue weighted by atomic mass is 79.9. The molecule has 116 valence electrons. The van der Waals surface area contributed by atoms with Crippen LogP contribution in [0.5, 0.6) is 0 Å². The normalized spacial score (nSPS) is 22.6. The number of rotatable bonds is 2. The van der Waals surface area contributed by atoms with Crippen molar-refractivity contribution in [3.05, 3.63) is 33.8 Å². The second-order valence-electron chi connectivity index (χ2n) is 6.69. The van der Waals surface area contributed by atoms with Crippen LogP contribution >= 0.6 is 15.9 Å². The minimum atomic E-state index is -0.714. The Morgan fingerprint density at radius 3 is 2.62 bits per heavy atom. The molecule has 1 aromatic rings. The van der Waals surface area contributed by atoms with Crippen molar-refractivity contribution in [2.24, 2.45) is 0 Å². The quantitative estimate of drug-likeness (QED) is 0.856. The first kappa shape index (κ1) is 16.3. The average molecular weight is 356 g/mol. The summed E-state index contributed by atoms with van der Waals surface area (Å²) in [6, 6.07) is 5.97. The minimum Gasteiger partial charge on any atom is -0.444 e. The van der Waals surface area contributed by atoms with Gasteiger partial charge in [-0.1, -0.05) is 28.1 Å². The Morgan fingerprint density at radius 1 is 1.43 bits per heavy atom. The van der Waals surface area contributed by atoms with Gasteiger partial charge in [0.15, 0.2) is 0 Å². The largest absolute Gasteiger partial charge is 0.444 e. The molecule has 0 radical (unpaired) electrons. The van der Waals surface area contributed by atoms with Crippen LogP contribution < -0.4 is 5.32 Å². The van der Waals surface area contributed by atoms with Gasteiger partial charge in [-0.3, -0.25) is 0 Å². The number of nitrogens with one attached hydrogen (secondary N) is 1. The van der Waals surface area contributed by atoms with Gasteiger partial charge in [0.2, 0.25) is 0 Å². The molecule has 2 rings (SSSR count). The van der Waals surface area contributed by atoms with Crippen LogP contribution in [0.1, 0.15) is 38.8 Å². The Kier molecular flexibility index (Phi) is 4.36. The number of carbonyl (C=O) groups is 1. The Balaban J connectivity index is 2.22. The molecule has 0 saturated heterocycles. The Bertz CT molecular complexity index is 551. The van der Waals surface area contributed by atoms with Crippen molar-refractivity contribution in [2.75, 3.05) is 0 Å². The Morgan fingerprint density at radius 2 is 2.10 bits per heavy atom. The first-order valence-corrected chi connectivity index (χ1v) is 7.88. The topological polar surface area (TPSA) is 58.6 Å². The molecule has 1 aromatic carbocycles. The third-order valence-electron chi connectivity index (χ3n) is 3.76. The molecule has 2 atom stereocenters. The van der Waals surface area contributed by atoms with Crippen LogP contribution in [0.15, 0.2) is 22.7 Å². The number of amides is 1. The lowest BCUT2D eigenvalue weighted by Crippen LogP contribution is -2.57. The maximum atomic E-state index is 12.1. The molecule has 1 amide bonds. The number of halogens is 1. The van der Waals surface area contributed by atoms with Crippen molar-refractivity contribution in [1.82, 2.24) is 5.32 Å². The van der Waals surface area contributed by atoms with E-state index in [9.17, 15) is 9.90 Å². The van der Waals surface area contributed by atoms with E-state index in [0.717, 1.165) is 15.6 Å². The fourth-order valence-electron chi connectivity index (χ4n) is 2.68. The molecule has 5 heteroatoms. The molecule has 0 fully saturated rings. The van der Waals surface area contributed by atoms with Gasteiger partial charge in [-0.2, -0.15) is 0 Å². The number of ether oxygens (including phenoxy) is 1. The molecule has 0 bridgehead atoms. The lowest BCUT2D eigenvalue weighted by molar-refractivity contribution is 0.0276. The smallest absolute Gasteiger partial charge is 0.408 e. The van der Waals surface area contributed by atoms with Crippen molar-refractivity contribution in [2.45, 2.75) is 57.8 Å². The van der Waals surface area contributed by atoms with E-state index in [1.54, 1.807) is 6.92 Å². The van der Waals surface area contributed by atoms with Crippen LogP contribution in [0.4, 0.5) is 4.79 Å². The summed E-state index contributed by atoms with van der Waals surface area (Å²) in [5.41, 5.74) is 1.00. The number of aliphatic hydroxyl groups is 1. The van der Waals surface area contributed by atoms with E-state index >= 15 is 0 Å². The van der Waals surface area contributed by atoms with E-state index in [0.29, 0.717) is 12.8 Å². The van der Waals surface area contributed by atoms with E-state index < -0.39 is 23.3 Å². The van der Waals surface area contributed by atoms with Gasteiger partial charge in [0.05, 0.1) is 11.6 Å². The van der Waals surface area contributed by atoms with Gasteiger partial charge in [-0.25, -0.2) is 4.79 Å². The predicted octanol–water partition coefficient (Wildman–Crippen LogP) is 3.19. The highest BCUT2D eigenvalue weighted by molar-refractivity contribution is 9.10. The highest BCUT2D eigenvalue weighted by Gasteiger charge is 2.44. The van der Waals surface area contributed by atoms with Gasteiger partial charge < -0.3 is 15.2 Å². The van der Waals surface area contributed by atoms with E-state index in [4.69, 9.17) is 4.74 Å². The number of benzene rings is 1. The Labute approximate surface area is 134 Å². The SMILES string of the molecule is C[C@@H](O)C1(NC(=O)OC(C)(C)C)Cc2cccc(Br)c2C1. The first-order valence-electron chi connectivity index (χ1n) is 7.08. The molecule has 4 nitrogen and oxygen atoms in total. The maximum Gasteiger partial charge on any atom is 0.408 e. The zero-order chi connectivity index (χ0) is 15.8. The van der Waals surface area contributed by atoms with Gasteiger partial charge >= 0.3 is 6.09 Å². The summed E-state index contributed by atoms with van der Waals surface area (Å²) in [6.07, 6.45) is 0.0101. The van der Waals surface area contributed by atoms with Crippen LogP contribution in [0.2, 0.25) is 0 Å². The zero-order valence-electron chi connectivity index (χ0n) is 12.9. The molecule has 0 saturated carbocycles. The molecular formula is C16H22BrNO3. The number of alkyl carbamates (subject to hydrolysis) is 1. The minimum absolute atomic E-state index is 0.493. The summed E-state index contributed by atoms with van der Waals surface area (Å²) in [6.45, 7) is 7.17. The number of aliphatic hydroxyl groups excluding tert-OH is 1. The number of fused-ring (bicyclic) bond motifs is 1. The molecule has 1 aliphatic rings. The molecule has 0 spiro atoms. The lowest BCUT2D eigenvalue weighted by atomic mass is 9.90. The van der Waals surface area contributed by atoms with Crippen LogP contribution in [-0.4, -0.2) is 28.4 Å². The third kappa shape index (κ3) is 3.58. The number of hydrogen-bond donors (Lipinski definition) is 2. The van der Waals surface area contributed by atoms with Crippen molar-refractivity contribution >= 4 is 22.0 Å². The maximum absolute atomic E-state index is 12.1. The molecule has 1 aliphatic carbocycles.